The van der Waals surface area contributed by atoms with Crippen LogP contribution in [0.5, 0.6) is 0 Å². The Balaban J connectivity index is 2.45. The highest BCUT2D eigenvalue weighted by molar-refractivity contribution is 6.36. The molecule has 4 heteroatoms. The fourth-order valence-corrected chi connectivity index (χ4v) is 1.38. The molecule has 0 aromatic rings. The molecule has 0 radical (unpaired) electrons. The molecule has 0 saturated heterocycles. The van der Waals surface area contributed by atoms with Crippen LogP contribution in [0.4, 0.5) is 0 Å². The van der Waals surface area contributed by atoms with Crippen LogP contribution in [0.3, 0.4) is 0 Å². The molecule has 1 atom stereocenters. The third-order valence-corrected chi connectivity index (χ3v) is 1.87. The standard InChI is InChI=1S/C7H6ClN3/c1-4-2-5(8)6-7(11-4)10-3-9-6/h2-3,6H,1H3/t6-/m1/s1. The van der Waals surface area contributed by atoms with Crippen LogP contribution in [0.2, 0.25) is 0 Å². The maximum Gasteiger partial charge on any atom is 0.160 e. The fraction of sp³-hybridized carbons (Fsp3) is 0.286. The van der Waals surface area contributed by atoms with Gasteiger partial charge in [0.2, 0.25) is 0 Å². The summed E-state index contributed by atoms with van der Waals surface area (Å²) in [5.41, 5.74) is 0.885. The van der Waals surface area contributed by atoms with E-state index in [0.29, 0.717) is 10.9 Å². The molecule has 0 aromatic carbocycles. The predicted molar refractivity (Wildman–Crippen MR) is 46.8 cm³/mol. The Morgan fingerprint density at radius 3 is 3.18 bits per heavy atom. The summed E-state index contributed by atoms with van der Waals surface area (Å²) in [6.45, 7) is 1.89. The maximum atomic E-state index is 5.90. The van der Waals surface area contributed by atoms with E-state index in [1.807, 2.05) is 13.0 Å². The van der Waals surface area contributed by atoms with Crippen molar-refractivity contribution in [1.29, 1.82) is 0 Å². The second-order valence-corrected chi connectivity index (χ2v) is 2.87. The van der Waals surface area contributed by atoms with E-state index < -0.39 is 0 Å². The first-order valence-electron chi connectivity index (χ1n) is 3.29. The number of amidine groups is 1. The molecule has 0 fully saturated rings. The number of nitrogens with zero attached hydrogens (tertiary/aromatic N) is 3. The van der Waals surface area contributed by atoms with Crippen LogP contribution in [0, 0.1) is 0 Å². The first-order valence-corrected chi connectivity index (χ1v) is 3.67. The second kappa shape index (κ2) is 2.27. The SMILES string of the molecule is CC1=NC2=NC=N[C@@H]2C(Cl)=C1. The molecular weight excluding hydrogens is 162 g/mol. The summed E-state index contributed by atoms with van der Waals surface area (Å²) < 4.78 is 0. The Labute approximate surface area is 69.2 Å². The Kier molecular flexibility index (Phi) is 1.39. The number of rotatable bonds is 0. The van der Waals surface area contributed by atoms with E-state index >= 15 is 0 Å². The highest BCUT2D eigenvalue weighted by Gasteiger charge is 2.24. The number of hydrogen-bond acceptors (Lipinski definition) is 3. The van der Waals surface area contributed by atoms with Crippen molar-refractivity contribution in [3.05, 3.63) is 11.1 Å². The van der Waals surface area contributed by atoms with Crippen LogP contribution >= 0.6 is 11.6 Å². The molecule has 2 aliphatic heterocycles. The van der Waals surface area contributed by atoms with Crippen LogP contribution in [0.25, 0.3) is 0 Å². The van der Waals surface area contributed by atoms with Gasteiger partial charge in [-0.2, -0.15) is 0 Å². The van der Waals surface area contributed by atoms with E-state index in [9.17, 15) is 0 Å². The molecule has 0 N–H and O–H groups in total. The minimum Gasteiger partial charge on any atom is -0.256 e. The van der Waals surface area contributed by atoms with Crippen molar-refractivity contribution in [2.24, 2.45) is 15.0 Å². The lowest BCUT2D eigenvalue weighted by Gasteiger charge is -2.11. The van der Waals surface area contributed by atoms with Gasteiger partial charge in [0.05, 0.1) is 5.03 Å². The van der Waals surface area contributed by atoms with Gasteiger partial charge in [-0.05, 0) is 13.0 Å². The maximum absolute atomic E-state index is 5.90. The zero-order valence-electron chi connectivity index (χ0n) is 5.95. The Bertz CT molecular complexity index is 312. The van der Waals surface area contributed by atoms with E-state index in [-0.39, 0.29) is 6.04 Å². The van der Waals surface area contributed by atoms with Crippen molar-refractivity contribution in [1.82, 2.24) is 0 Å². The topological polar surface area (TPSA) is 37.1 Å². The number of dihydropyridines is 1. The Morgan fingerprint density at radius 2 is 2.36 bits per heavy atom. The van der Waals surface area contributed by atoms with Crippen LogP contribution < -0.4 is 0 Å². The highest BCUT2D eigenvalue weighted by Crippen LogP contribution is 2.20. The monoisotopic (exact) mass is 167 g/mol. The molecule has 2 aliphatic rings. The summed E-state index contributed by atoms with van der Waals surface area (Å²) in [5.74, 6) is 0.704. The number of allylic oxidation sites excluding steroid dienone is 1. The summed E-state index contributed by atoms with van der Waals surface area (Å²) >= 11 is 5.90. The largest absolute Gasteiger partial charge is 0.256 e. The van der Waals surface area contributed by atoms with E-state index in [4.69, 9.17) is 11.6 Å². The number of hydrogen-bond donors (Lipinski definition) is 0. The van der Waals surface area contributed by atoms with Crippen LogP contribution in [-0.2, 0) is 0 Å². The molecule has 0 saturated carbocycles. The minimum atomic E-state index is -0.125. The number of fused-ring (bicyclic) bond motifs is 1. The van der Waals surface area contributed by atoms with Gasteiger partial charge in [-0.15, -0.1) is 0 Å². The van der Waals surface area contributed by atoms with Gasteiger partial charge in [0.1, 0.15) is 12.4 Å². The highest BCUT2D eigenvalue weighted by atomic mass is 35.5. The molecule has 3 nitrogen and oxygen atoms in total. The minimum absolute atomic E-state index is 0.125. The number of halogens is 1. The van der Waals surface area contributed by atoms with Gasteiger partial charge in [-0.1, -0.05) is 11.6 Å². The first kappa shape index (κ1) is 6.73. The van der Waals surface area contributed by atoms with Crippen molar-refractivity contribution in [3.63, 3.8) is 0 Å². The van der Waals surface area contributed by atoms with Gasteiger partial charge >= 0.3 is 0 Å². The van der Waals surface area contributed by atoms with Gasteiger partial charge < -0.3 is 0 Å². The third-order valence-electron chi connectivity index (χ3n) is 1.55. The zero-order chi connectivity index (χ0) is 7.84. The van der Waals surface area contributed by atoms with Gasteiger partial charge in [0.15, 0.2) is 5.84 Å². The van der Waals surface area contributed by atoms with E-state index in [2.05, 4.69) is 15.0 Å². The smallest absolute Gasteiger partial charge is 0.160 e. The first-order chi connectivity index (χ1) is 5.27. The van der Waals surface area contributed by atoms with E-state index in [0.717, 1.165) is 5.71 Å². The van der Waals surface area contributed by atoms with E-state index in [1.165, 1.54) is 6.34 Å². The average molecular weight is 168 g/mol. The van der Waals surface area contributed by atoms with Crippen molar-refractivity contribution in [2.75, 3.05) is 0 Å². The zero-order valence-corrected chi connectivity index (χ0v) is 6.71. The predicted octanol–water partition coefficient (Wildman–Crippen LogP) is 1.39. The summed E-state index contributed by atoms with van der Waals surface area (Å²) in [6, 6.07) is -0.125. The summed E-state index contributed by atoms with van der Waals surface area (Å²) in [5, 5.41) is 0.699. The summed E-state index contributed by atoms with van der Waals surface area (Å²) in [6.07, 6.45) is 3.31. The molecule has 0 spiro atoms. The molecule has 0 unspecified atom stereocenters. The molecule has 56 valence electrons. The molecule has 0 aromatic heterocycles. The molecule has 0 bridgehead atoms. The lowest BCUT2D eigenvalue weighted by molar-refractivity contribution is 1.07. The lowest BCUT2D eigenvalue weighted by Crippen LogP contribution is -2.19. The fourth-order valence-electron chi connectivity index (χ4n) is 1.07. The molecule has 0 aliphatic carbocycles. The Hall–Kier alpha value is -0.960. The van der Waals surface area contributed by atoms with Crippen molar-refractivity contribution in [3.8, 4) is 0 Å². The van der Waals surface area contributed by atoms with Crippen LogP contribution in [-0.4, -0.2) is 23.9 Å². The van der Waals surface area contributed by atoms with Gasteiger partial charge in [0, 0.05) is 5.71 Å². The second-order valence-electron chi connectivity index (χ2n) is 2.44. The normalized spacial score (nSPS) is 27.5. The molecule has 2 heterocycles. The molecular formula is C7H6ClN3. The summed E-state index contributed by atoms with van der Waals surface area (Å²) in [7, 11) is 0. The number of aliphatic imine (C=N–C) groups is 3. The van der Waals surface area contributed by atoms with Crippen molar-refractivity contribution < 1.29 is 0 Å². The van der Waals surface area contributed by atoms with Gasteiger partial charge in [-0.3, -0.25) is 4.99 Å². The molecule has 0 amide bonds. The Morgan fingerprint density at radius 1 is 1.55 bits per heavy atom. The van der Waals surface area contributed by atoms with Crippen molar-refractivity contribution in [2.45, 2.75) is 13.0 Å². The van der Waals surface area contributed by atoms with Gasteiger partial charge in [-0.25, -0.2) is 9.98 Å². The van der Waals surface area contributed by atoms with E-state index in [1.54, 1.807) is 0 Å². The quantitative estimate of drug-likeness (QED) is 0.523. The lowest BCUT2D eigenvalue weighted by atomic mass is 10.2. The molecule has 11 heavy (non-hydrogen) atoms. The van der Waals surface area contributed by atoms with Crippen molar-refractivity contribution >= 4 is 29.5 Å². The van der Waals surface area contributed by atoms with Gasteiger partial charge in [0.25, 0.3) is 0 Å². The summed E-state index contributed by atoms with van der Waals surface area (Å²) in [4.78, 5) is 12.2. The third kappa shape index (κ3) is 1.01. The van der Waals surface area contributed by atoms with Crippen LogP contribution in [0.15, 0.2) is 26.1 Å². The molecule has 2 rings (SSSR count). The van der Waals surface area contributed by atoms with Crippen LogP contribution in [0.1, 0.15) is 6.92 Å². The average Bonchev–Trinajstić information content (AvgIpc) is 2.34.